The summed E-state index contributed by atoms with van der Waals surface area (Å²) in [5.41, 5.74) is 3.37. The Balaban J connectivity index is 1.51. The molecule has 2 aromatic heterocycles. The number of thiazole rings is 1. The Morgan fingerprint density at radius 3 is 2.52 bits per heavy atom. The van der Waals surface area contributed by atoms with Gasteiger partial charge in [0.05, 0.1) is 28.9 Å². The van der Waals surface area contributed by atoms with Crippen molar-refractivity contribution in [3.8, 4) is 10.6 Å². The lowest BCUT2D eigenvalue weighted by Gasteiger charge is -2.18. The minimum atomic E-state index is -0.313. The van der Waals surface area contributed by atoms with Gasteiger partial charge in [-0.25, -0.2) is 4.98 Å². The first-order valence-corrected chi connectivity index (χ1v) is 10.4. The molecule has 144 valence electrons. The van der Waals surface area contributed by atoms with E-state index in [1.54, 1.807) is 6.20 Å². The Kier molecular flexibility index (Phi) is 5.98. The molecule has 1 amide bonds. The molecule has 4 rings (SSSR count). The molecule has 2 aromatic carbocycles. The highest BCUT2D eigenvalue weighted by molar-refractivity contribution is 7.13. The molecule has 6 heteroatoms. The molecule has 0 saturated heterocycles. The number of hydrogen-bond donors (Lipinski definition) is 1. The van der Waals surface area contributed by atoms with Gasteiger partial charge in [0.2, 0.25) is 5.91 Å². The molecule has 1 atom stereocenters. The van der Waals surface area contributed by atoms with E-state index in [9.17, 15) is 4.79 Å². The maximum atomic E-state index is 12.8. The van der Waals surface area contributed by atoms with Gasteiger partial charge in [0.15, 0.2) is 0 Å². The molecule has 0 bridgehead atoms. The number of carbonyl (C=O) groups is 1. The van der Waals surface area contributed by atoms with Crippen LogP contribution in [0.2, 0.25) is 5.02 Å². The number of pyridine rings is 1. The molecule has 4 aromatic rings. The smallest absolute Gasteiger partial charge is 0.226 e. The number of rotatable bonds is 6. The summed E-state index contributed by atoms with van der Waals surface area (Å²) in [6.07, 6.45) is 1.92. The minimum Gasteiger partial charge on any atom is -0.343 e. The van der Waals surface area contributed by atoms with E-state index in [1.165, 1.54) is 11.3 Å². The van der Waals surface area contributed by atoms with Gasteiger partial charge in [-0.15, -0.1) is 11.3 Å². The molecule has 1 N–H and O–H groups in total. The van der Waals surface area contributed by atoms with Gasteiger partial charge in [0.25, 0.3) is 0 Å². The van der Waals surface area contributed by atoms with Crippen molar-refractivity contribution >= 4 is 28.8 Å². The Morgan fingerprint density at radius 2 is 1.76 bits per heavy atom. The number of benzene rings is 2. The number of amides is 1. The van der Waals surface area contributed by atoms with E-state index in [0.717, 1.165) is 27.5 Å². The number of carbonyl (C=O) groups excluding carboxylic acids is 1. The van der Waals surface area contributed by atoms with Crippen LogP contribution in [0.5, 0.6) is 0 Å². The van der Waals surface area contributed by atoms with E-state index in [4.69, 9.17) is 11.6 Å². The van der Waals surface area contributed by atoms with Crippen molar-refractivity contribution in [2.75, 3.05) is 0 Å². The number of halogens is 1. The van der Waals surface area contributed by atoms with E-state index in [2.05, 4.69) is 15.3 Å². The Labute approximate surface area is 178 Å². The van der Waals surface area contributed by atoms with E-state index in [-0.39, 0.29) is 18.4 Å². The maximum Gasteiger partial charge on any atom is 0.226 e. The van der Waals surface area contributed by atoms with Crippen LogP contribution in [0.25, 0.3) is 10.6 Å². The normalized spacial score (nSPS) is 11.8. The van der Waals surface area contributed by atoms with Crippen LogP contribution in [0.3, 0.4) is 0 Å². The van der Waals surface area contributed by atoms with E-state index in [1.807, 2.05) is 78.2 Å². The second-order valence-corrected chi connectivity index (χ2v) is 7.73. The van der Waals surface area contributed by atoms with Crippen molar-refractivity contribution < 1.29 is 4.79 Å². The van der Waals surface area contributed by atoms with Crippen LogP contribution in [-0.2, 0) is 11.2 Å². The molecule has 0 aliphatic carbocycles. The monoisotopic (exact) mass is 419 g/mol. The van der Waals surface area contributed by atoms with E-state index in [0.29, 0.717) is 5.02 Å². The van der Waals surface area contributed by atoms with Crippen molar-refractivity contribution in [3.05, 3.63) is 106 Å². The van der Waals surface area contributed by atoms with Crippen LogP contribution in [-0.4, -0.2) is 15.9 Å². The van der Waals surface area contributed by atoms with Crippen LogP contribution < -0.4 is 5.32 Å². The maximum absolute atomic E-state index is 12.8. The molecule has 0 aliphatic rings. The fourth-order valence-electron chi connectivity index (χ4n) is 3.04. The second kappa shape index (κ2) is 8.99. The summed E-state index contributed by atoms with van der Waals surface area (Å²) >= 11 is 7.74. The highest BCUT2D eigenvalue weighted by Gasteiger charge is 2.19. The quantitative estimate of drug-likeness (QED) is 0.461. The molecule has 0 aliphatic heterocycles. The van der Waals surface area contributed by atoms with Gasteiger partial charge in [-0.3, -0.25) is 9.78 Å². The number of hydrogen-bond acceptors (Lipinski definition) is 4. The highest BCUT2D eigenvalue weighted by atomic mass is 35.5. The first-order chi connectivity index (χ1) is 14.2. The van der Waals surface area contributed by atoms with Crippen molar-refractivity contribution in [1.82, 2.24) is 15.3 Å². The molecule has 2 heterocycles. The van der Waals surface area contributed by atoms with Crippen LogP contribution in [0.1, 0.15) is 23.0 Å². The second-order valence-electron chi connectivity index (χ2n) is 6.47. The summed E-state index contributed by atoms with van der Waals surface area (Å²) in [6.45, 7) is 0. The van der Waals surface area contributed by atoms with Gasteiger partial charge in [-0.1, -0.05) is 66.2 Å². The topological polar surface area (TPSA) is 54.9 Å². The molecular formula is C23H18ClN3OS. The third-order valence-corrected chi connectivity index (χ3v) is 5.67. The standard InChI is InChI=1S/C23H18ClN3OS/c24-19-11-5-4-10-18(19)23-26-17(15-29-23)14-21(28)27-22(16-8-2-1-3-9-16)20-12-6-7-13-25-20/h1-13,15,22H,14H2,(H,27,28). The zero-order chi connectivity index (χ0) is 20.1. The van der Waals surface area contributed by atoms with Crippen LogP contribution in [0, 0.1) is 0 Å². The molecule has 0 saturated carbocycles. The van der Waals surface area contributed by atoms with Crippen molar-refractivity contribution in [2.24, 2.45) is 0 Å². The first-order valence-electron chi connectivity index (χ1n) is 9.15. The SMILES string of the molecule is O=C(Cc1csc(-c2ccccc2Cl)n1)NC(c1ccccc1)c1ccccn1. The van der Waals surface area contributed by atoms with E-state index >= 15 is 0 Å². The zero-order valence-electron chi connectivity index (χ0n) is 15.5. The summed E-state index contributed by atoms with van der Waals surface area (Å²) in [5.74, 6) is -0.111. The zero-order valence-corrected chi connectivity index (χ0v) is 17.0. The predicted octanol–water partition coefficient (Wildman–Crippen LogP) is 5.31. The highest BCUT2D eigenvalue weighted by Crippen LogP contribution is 2.30. The van der Waals surface area contributed by atoms with Crippen LogP contribution in [0.4, 0.5) is 0 Å². The minimum absolute atomic E-state index is 0.111. The molecular weight excluding hydrogens is 402 g/mol. The molecule has 29 heavy (non-hydrogen) atoms. The van der Waals surface area contributed by atoms with Gasteiger partial charge < -0.3 is 5.32 Å². The van der Waals surface area contributed by atoms with Gasteiger partial charge in [-0.05, 0) is 23.8 Å². The Hall–Kier alpha value is -3.02. The van der Waals surface area contributed by atoms with Gasteiger partial charge >= 0.3 is 0 Å². The van der Waals surface area contributed by atoms with Gasteiger partial charge in [-0.2, -0.15) is 0 Å². The lowest BCUT2D eigenvalue weighted by molar-refractivity contribution is -0.121. The summed E-state index contributed by atoms with van der Waals surface area (Å²) in [7, 11) is 0. The van der Waals surface area contributed by atoms with Crippen molar-refractivity contribution in [1.29, 1.82) is 0 Å². The van der Waals surface area contributed by atoms with Crippen LogP contribution in [0.15, 0.2) is 84.4 Å². The molecule has 0 fully saturated rings. The number of nitrogens with zero attached hydrogens (tertiary/aromatic N) is 2. The van der Waals surface area contributed by atoms with Crippen molar-refractivity contribution in [3.63, 3.8) is 0 Å². The van der Waals surface area contributed by atoms with Crippen molar-refractivity contribution in [2.45, 2.75) is 12.5 Å². The average molecular weight is 420 g/mol. The predicted molar refractivity (Wildman–Crippen MR) is 117 cm³/mol. The third-order valence-electron chi connectivity index (χ3n) is 4.42. The summed E-state index contributed by atoms with van der Waals surface area (Å²) in [4.78, 5) is 21.8. The Bertz CT molecular complexity index is 1060. The largest absolute Gasteiger partial charge is 0.343 e. The Morgan fingerprint density at radius 1 is 1.00 bits per heavy atom. The fourth-order valence-corrected chi connectivity index (χ4v) is 4.18. The van der Waals surface area contributed by atoms with Crippen LogP contribution >= 0.6 is 22.9 Å². The molecule has 0 radical (unpaired) electrons. The van der Waals surface area contributed by atoms with E-state index < -0.39 is 0 Å². The number of aromatic nitrogens is 2. The lowest BCUT2D eigenvalue weighted by Crippen LogP contribution is -2.31. The molecule has 1 unspecified atom stereocenters. The molecule has 4 nitrogen and oxygen atoms in total. The lowest BCUT2D eigenvalue weighted by atomic mass is 10.0. The first kappa shape index (κ1) is 19.3. The summed E-state index contributed by atoms with van der Waals surface area (Å²) in [6, 6.07) is 22.8. The average Bonchev–Trinajstić information content (AvgIpc) is 3.21. The summed E-state index contributed by atoms with van der Waals surface area (Å²) in [5, 5.41) is 6.45. The third kappa shape index (κ3) is 4.70. The number of nitrogens with one attached hydrogen (secondary N) is 1. The molecule has 0 spiro atoms. The summed E-state index contributed by atoms with van der Waals surface area (Å²) < 4.78 is 0. The van der Waals surface area contributed by atoms with Gasteiger partial charge in [0.1, 0.15) is 5.01 Å². The van der Waals surface area contributed by atoms with Gasteiger partial charge in [0, 0.05) is 17.1 Å². The fraction of sp³-hybridized carbons (Fsp3) is 0.0870.